The Morgan fingerprint density at radius 1 is 0.917 bits per heavy atom. The minimum Gasteiger partial charge on any atom is -0.495 e. The second-order valence-corrected chi connectivity index (χ2v) is 6.29. The molecular formula is C20H26N2O2. The third kappa shape index (κ3) is 3.55. The monoisotopic (exact) mass is 326 g/mol. The molecule has 1 aliphatic rings. The summed E-state index contributed by atoms with van der Waals surface area (Å²) < 4.78 is 5.47. The van der Waals surface area contributed by atoms with Gasteiger partial charge in [0.05, 0.1) is 18.9 Å². The van der Waals surface area contributed by atoms with E-state index in [-0.39, 0.29) is 6.04 Å². The quantitative estimate of drug-likeness (QED) is 0.916. The first-order valence-corrected chi connectivity index (χ1v) is 8.55. The Bertz CT molecular complexity index is 639. The van der Waals surface area contributed by atoms with Crippen molar-refractivity contribution in [3.8, 4) is 5.75 Å². The number of benzene rings is 2. The van der Waals surface area contributed by atoms with Crippen LogP contribution < -0.4 is 9.64 Å². The Morgan fingerprint density at radius 3 is 2.21 bits per heavy atom. The number of nitrogens with zero attached hydrogens (tertiary/aromatic N) is 2. The summed E-state index contributed by atoms with van der Waals surface area (Å²) in [5.74, 6) is 0.920. The van der Waals surface area contributed by atoms with Crippen LogP contribution in [0.5, 0.6) is 5.75 Å². The average Bonchev–Trinajstić information content (AvgIpc) is 2.67. The maximum atomic E-state index is 10.6. The molecule has 2 atom stereocenters. The molecule has 0 spiro atoms. The van der Waals surface area contributed by atoms with Crippen molar-refractivity contribution in [2.45, 2.75) is 19.1 Å². The van der Waals surface area contributed by atoms with Crippen molar-refractivity contribution < 1.29 is 9.84 Å². The lowest BCUT2D eigenvalue weighted by atomic mass is 10.0. The molecule has 2 unspecified atom stereocenters. The molecule has 128 valence electrons. The topological polar surface area (TPSA) is 35.9 Å². The highest BCUT2D eigenvalue weighted by atomic mass is 16.5. The lowest BCUT2D eigenvalue weighted by molar-refractivity contribution is 0.0545. The second kappa shape index (κ2) is 7.69. The van der Waals surface area contributed by atoms with Crippen molar-refractivity contribution in [3.63, 3.8) is 0 Å². The molecule has 0 bridgehead atoms. The van der Waals surface area contributed by atoms with Gasteiger partial charge >= 0.3 is 0 Å². The van der Waals surface area contributed by atoms with Crippen molar-refractivity contribution in [2.75, 3.05) is 38.2 Å². The highest BCUT2D eigenvalue weighted by Crippen LogP contribution is 2.29. The zero-order chi connectivity index (χ0) is 16.9. The molecule has 3 rings (SSSR count). The van der Waals surface area contributed by atoms with Crippen LogP contribution in [0.1, 0.15) is 18.6 Å². The van der Waals surface area contributed by atoms with E-state index in [1.165, 1.54) is 0 Å². The van der Waals surface area contributed by atoms with Crippen molar-refractivity contribution in [1.82, 2.24) is 4.90 Å². The molecule has 0 saturated carbocycles. The fraction of sp³-hybridized carbons (Fsp3) is 0.400. The number of hydrogen-bond acceptors (Lipinski definition) is 4. The van der Waals surface area contributed by atoms with Gasteiger partial charge in [0.1, 0.15) is 5.75 Å². The number of hydrogen-bond donors (Lipinski definition) is 1. The third-order valence-electron chi connectivity index (χ3n) is 4.91. The van der Waals surface area contributed by atoms with Crippen molar-refractivity contribution in [3.05, 3.63) is 60.2 Å². The summed E-state index contributed by atoms with van der Waals surface area (Å²) in [5.41, 5.74) is 2.13. The molecule has 1 saturated heterocycles. The van der Waals surface area contributed by atoms with Crippen molar-refractivity contribution >= 4 is 5.69 Å². The van der Waals surface area contributed by atoms with Gasteiger partial charge in [-0.3, -0.25) is 4.90 Å². The van der Waals surface area contributed by atoms with Gasteiger partial charge in [-0.15, -0.1) is 0 Å². The maximum Gasteiger partial charge on any atom is 0.142 e. The zero-order valence-electron chi connectivity index (χ0n) is 14.4. The largest absolute Gasteiger partial charge is 0.495 e. The van der Waals surface area contributed by atoms with Crippen LogP contribution in [0.25, 0.3) is 0 Å². The molecule has 2 aromatic carbocycles. The van der Waals surface area contributed by atoms with Crippen LogP contribution >= 0.6 is 0 Å². The molecule has 24 heavy (non-hydrogen) atoms. The molecule has 1 N–H and O–H groups in total. The van der Waals surface area contributed by atoms with Gasteiger partial charge in [0, 0.05) is 32.2 Å². The van der Waals surface area contributed by atoms with Gasteiger partial charge < -0.3 is 14.7 Å². The van der Waals surface area contributed by atoms with Gasteiger partial charge in [0.15, 0.2) is 0 Å². The zero-order valence-corrected chi connectivity index (χ0v) is 14.4. The van der Waals surface area contributed by atoms with E-state index in [9.17, 15) is 5.11 Å². The van der Waals surface area contributed by atoms with Gasteiger partial charge in [0.25, 0.3) is 0 Å². The van der Waals surface area contributed by atoms with Crippen LogP contribution in [0.2, 0.25) is 0 Å². The molecule has 0 aliphatic carbocycles. The summed E-state index contributed by atoms with van der Waals surface area (Å²) in [7, 11) is 1.72. The standard InChI is InChI=1S/C20H26N2O2/c1-16(20(23)17-8-4-3-5-9-17)21-12-14-22(15-13-21)18-10-6-7-11-19(18)24-2/h3-11,16,20,23H,12-15H2,1-2H3. The van der Waals surface area contributed by atoms with E-state index >= 15 is 0 Å². The Morgan fingerprint density at radius 2 is 1.54 bits per heavy atom. The first-order chi connectivity index (χ1) is 11.7. The third-order valence-corrected chi connectivity index (χ3v) is 4.91. The Balaban J connectivity index is 1.62. The lowest BCUT2D eigenvalue weighted by Gasteiger charge is -2.40. The first kappa shape index (κ1) is 16.8. The van der Waals surface area contributed by atoms with E-state index in [4.69, 9.17) is 4.74 Å². The van der Waals surface area contributed by atoms with E-state index in [1.54, 1.807) is 7.11 Å². The van der Waals surface area contributed by atoms with Crippen LogP contribution in [0, 0.1) is 0 Å². The molecule has 0 amide bonds. The molecule has 4 heteroatoms. The van der Waals surface area contributed by atoms with Gasteiger partial charge in [-0.2, -0.15) is 0 Å². The van der Waals surface area contributed by atoms with E-state index < -0.39 is 6.10 Å². The number of aliphatic hydroxyl groups is 1. The van der Waals surface area contributed by atoms with Crippen molar-refractivity contribution in [2.24, 2.45) is 0 Å². The van der Waals surface area contributed by atoms with Crippen LogP contribution in [-0.2, 0) is 0 Å². The van der Waals surface area contributed by atoms with Crippen molar-refractivity contribution in [1.29, 1.82) is 0 Å². The van der Waals surface area contributed by atoms with Gasteiger partial charge in [-0.1, -0.05) is 42.5 Å². The smallest absolute Gasteiger partial charge is 0.142 e. The Kier molecular flexibility index (Phi) is 5.38. The minimum absolute atomic E-state index is 0.104. The number of piperazine rings is 1. The molecule has 0 aromatic heterocycles. The second-order valence-electron chi connectivity index (χ2n) is 6.29. The number of aliphatic hydroxyl groups excluding tert-OH is 1. The predicted molar refractivity (Wildman–Crippen MR) is 97.6 cm³/mol. The number of para-hydroxylation sites is 2. The summed E-state index contributed by atoms with van der Waals surface area (Å²) in [5, 5.41) is 10.6. The van der Waals surface area contributed by atoms with Crippen LogP contribution in [0.4, 0.5) is 5.69 Å². The normalized spacial score (nSPS) is 18.2. The van der Waals surface area contributed by atoms with Crippen LogP contribution in [0.3, 0.4) is 0 Å². The minimum atomic E-state index is -0.455. The summed E-state index contributed by atoms with van der Waals surface area (Å²) in [6.45, 7) is 5.85. The summed E-state index contributed by atoms with van der Waals surface area (Å²) in [6, 6.07) is 18.2. The molecule has 0 radical (unpaired) electrons. The van der Waals surface area contributed by atoms with Gasteiger partial charge in [-0.25, -0.2) is 0 Å². The number of methoxy groups -OCH3 is 1. The molecule has 1 fully saturated rings. The van der Waals surface area contributed by atoms with E-state index in [0.29, 0.717) is 0 Å². The van der Waals surface area contributed by atoms with Gasteiger partial charge in [-0.05, 0) is 24.6 Å². The highest BCUT2D eigenvalue weighted by molar-refractivity contribution is 5.58. The molecule has 4 nitrogen and oxygen atoms in total. The molecule has 2 aromatic rings. The Labute approximate surface area is 144 Å². The maximum absolute atomic E-state index is 10.6. The molecule has 1 heterocycles. The predicted octanol–water partition coefficient (Wildman–Crippen LogP) is 2.94. The van der Waals surface area contributed by atoms with E-state index in [1.807, 2.05) is 48.5 Å². The molecule has 1 aliphatic heterocycles. The average molecular weight is 326 g/mol. The lowest BCUT2D eigenvalue weighted by Crippen LogP contribution is -2.51. The van der Waals surface area contributed by atoms with E-state index in [2.05, 4.69) is 22.8 Å². The SMILES string of the molecule is COc1ccccc1N1CCN(C(C)C(O)c2ccccc2)CC1. The van der Waals surface area contributed by atoms with Gasteiger partial charge in [0.2, 0.25) is 0 Å². The molecular weight excluding hydrogens is 300 g/mol. The summed E-state index contributed by atoms with van der Waals surface area (Å²) in [4.78, 5) is 4.72. The number of ether oxygens (including phenoxy) is 1. The Hall–Kier alpha value is -2.04. The first-order valence-electron chi connectivity index (χ1n) is 8.55. The van der Waals surface area contributed by atoms with Crippen LogP contribution in [-0.4, -0.2) is 49.3 Å². The number of anilines is 1. The fourth-order valence-corrected chi connectivity index (χ4v) is 3.39. The number of rotatable bonds is 5. The summed E-state index contributed by atoms with van der Waals surface area (Å²) >= 11 is 0. The van der Waals surface area contributed by atoms with E-state index in [0.717, 1.165) is 43.2 Å². The van der Waals surface area contributed by atoms with Crippen LogP contribution in [0.15, 0.2) is 54.6 Å². The summed E-state index contributed by atoms with van der Waals surface area (Å²) in [6.07, 6.45) is -0.455. The highest BCUT2D eigenvalue weighted by Gasteiger charge is 2.27. The fourth-order valence-electron chi connectivity index (χ4n) is 3.39.